The molecule has 0 amide bonds. The number of esters is 1. The molecular weight excluding hydrogens is 436 g/mol. The van der Waals surface area contributed by atoms with Gasteiger partial charge in [0.1, 0.15) is 17.1 Å². The highest BCUT2D eigenvalue weighted by atomic mass is 28.4. The lowest BCUT2D eigenvalue weighted by molar-refractivity contribution is -0.141. The Morgan fingerprint density at radius 3 is 2.52 bits per heavy atom. The summed E-state index contributed by atoms with van der Waals surface area (Å²) in [6, 6.07) is 9.28. The maximum absolute atomic E-state index is 13.4. The zero-order valence-electron chi connectivity index (χ0n) is 20.0. The summed E-state index contributed by atoms with van der Waals surface area (Å²) in [6.45, 7) is 13.1. The van der Waals surface area contributed by atoms with Crippen molar-refractivity contribution >= 4 is 36.0 Å². The average Bonchev–Trinajstić information content (AvgIpc) is 3.23. The second-order valence-electron chi connectivity index (χ2n) is 10.7. The molecule has 0 aliphatic carbocycles. The Kier molecular flexibility index (Phi) is 4.99. The molecule has 1 aromatic heterocycles. The van der Waals surface area contributed by atoms with E-state index in [1.807, 2.05) is 31.2 Å². The quantitative estimate of drug-likeness (QED) is 0.281. The summed E-state index contributed by atoms with van der Waals surface area (Å²) in [5, 5.41) is 2.20. The monoisotopic (exact) mass is 466 g/mol. The van der Waals surface area contributed by atoms with Gasteiger partial charge in [0.25, 0.3) is 0 Å². The van der Waals surface area contributed by atoms with E-state index in [-0.39, 0.29) is 29.0 Å². The smallest absolute Gasteiger partial charge is 0.310 e. The molecule has 3 atom stereocenters. The van der Waals surface area contributed by atoms with Gasteiger partial charge in [0, 0.05) is 29.4 Å². The van der Waals surface area contributed by atoms with Crippen LogP contribution in [0.2, 0.25) is 18.1 Å². The first-order chi connectivity index (χ1) is 15.5. The fourth-order valence-corrected chi connectivity index (χ4v) is 6.11. The summed E-state index contributed by atoms with van der Waals surface area (Å²) in [4.78, 5) is 25.3. The second-order valence-corrected chi connectivity index (χ2v) is 15.5. The molecule has 33 heavy (non-hydrogen) atoms. The number of fused-ring (bicyclic) bond motifs is 8. The van der Waals surface area contributed by atoms with Gasteiger partial charge in [-0.05, 0) is 25.1 Å². The van der Waals surface area contributed by atoms with Crippen LogP contribution in [0.4, 0.5) is 0 Å². The lowest BCUT2D eigenvalue weighted by Crippen LogP contribution is -2.43. The summed E-state index contributed by atoms with van der Waals surface area (Å²) in [7, 11) is -1.95. The lowest BCUT2D eigenvalue weighted by atomic mass is 9.96. The topological polar surface area (TPSA) is 75.0 Å². The van der Waals surface area contributed by atoms with Gasteiger partial charge >= 0.3 is 5.97 Å². The van der Waals surface area contributed by atoms with Gasteiger partial charge < -0.3 is 18.3 Å². The standard InChI is InChI=1S/C26H30O6Si/c1-14(32-33(5,6)26(2,3)4)11-15-12-18(27)21-22-24(30-19-13-20(28)31-25(19)22)17-10-8-7-9-16(17)23(21)29-15/h7-10,12,14,19,25H,11,13H2,1-6H3/t14?,19-,25+/m0/s1. The number of hydrogen-bond donors (Lipinski definition) is 0. The third-order valence-corrected chi connectivity index (χ3v) is 11.8. The van der Waals surface area contributed by atoms with Gasteiger partial charge in [-0.3, -0.25) is 9.59 Å². The predicted octanol–water partition coefficient (Wildman–Crippen LogP) is 5.65. The lowest BCUT2D eigenvalue weighted by Gasteiger charge is -2.38. The van der Waals surface area contributed by atoms with Crippen molar-refractivity contribution in [3.63, 3.8) is 0 Å². The van der Waals surface area contributed by atoms with E-state index in [1.165, 1.54) is 0 Å². The first-order valence-electron chi connectivity index (χ1n) is 11.5. The fourth-order valence-electron chi connectivity index (χ4n) is 4.66. The second kappa shape index (κ2) is 7.43. The van der Waals surface area contributed by atoms with Gasteiger partial charge in [0.05, 0.1) is 17.4 Å². The first-order valence-corrected chi connectivity index (χ1v) is 14.4. The number of carbonyl (C=O) groups excluding carboxylic acids is 1. The van der Waals surface area contributed by atoms with Crippen molar-refractivity contribution in [2.75, 3.05) is 0 Å². The van der Waals surface area contributed by atoms with E-state index in [1.54, 1.807) is 6.07 Å². The molecule has 0 N–H and O–H groups in total. The maximum atomic E-state index is 13.4. The van der Waals surface area contributed by atoms with Gasteiger partial charge in [-0.1, -0.05) is 45.0 Å². The van der Waals surface area contributed by atoms with Gasteiger partial charge in [-0.15, -0.1) is 0 Å². The minimum atomic E-state index is -1.95. The Morgan fingerprint density at radius 1 is 1.12 bits per heavy atom. The average molecular weight is 467 g/mol. The van der Waals surface area contributed by atoms with Crippen LogP contribution in [0, 0.1) is 0 Å². The van der Waals surface area contributed by atoms with Crippen LogP contribution >= 0.6 is 0 Å². The van der Waals surface area contributed by atoms with E-state index in [4.69, 9.17) is 18.3 Å². The maximum Gasteiger partial charge on any atom is 0.310 e. The largest absolute Gasteiger partial charge is 0.484 e. The van der Waals surface area contributed by atoms with Crippen molar-refractivity contribution in [3.8, 4) is 5.75 Å². The van der Waals surface area contributed by atoms with Crippen LogP contribution in [0.1, 0.15) is 51.5 Å². The molecule has 2 aliphatic heterocycles. The van der Waals surface area contributed by atoms with Crippen LogP contribution in [-0.2, 0) is 20.4 Å². The highest BCUT2D eigenvalue weighted by Gasteiger charge is 2.47. The summed E-state index contributed by atoms with van der Waals surface area (Å²) in [5.74, 6) is 0.896. The van der Waals surface area contributed by atoms with E-state index in [0.717, 1.165) is 10.8 Å². The highest BCUT2D eigenvalue weighted by Crippen LogP contribution is 2.50. The predicted molar refractivity (Wildman–Crippen MR) is 129 cm³/mol. The van der Waals surface area contributed by atoms with Gasteiger partial charge in [0.2, 0.25) is 0 Å². The zero-order valence-corrected chi connectivity index (χ0v) is 21.0. The molecule has 0 spiro atoms. The molecule has 0 radical (unpaired) electrons. The minimum Gasteiger partial charge on any atom is -0.484 e. The third-order valence-electron chi connectivity index (χ3n) is 7.24. The molecule has 0 bridgehead atoms. The van der Waals surface area contributed by atoms with Crippen LogP contribution in [0.5, 0.6) is 5.75 Å². The van der Waals surface area contributed by atoms with Crippen LogP contribution < -0.4 is 10.2 Å². The number of carbonyl (C=O) groups is 1. The fraction of sp³-hybridized carbons (Fsp3) is 0.462. The van der Waals surface area contributed by atoms with Crippen molar-refractivity contribution in [2.24, 2.45) is 0 Å². The molecule has 1 saturated heterocycles. The zero-order chi connectivity index (χ0) is 23.7. The molecule has 1 fully saturated rings. The van der Waals surface area contributed by atoms with Crippen molar-refractivity contribution < 1.29 is 23.1 Å². The molecule has 174 valence electrons. The van der Waals surface area contributed by atoms with E-state index in [0.29, 0.717) is 34.5 Å². The van der Waals surface area contributed by atoms with E-state index in [2.05, 4.69) is 33.9 Å². The van der Waals surface area contributed by atoms with Gasteiger partial charge in [-0.25, -0.2) is 0 Å². The molecule has 2 aromatic carbocycles. The van der Waals surface area contributed by atoms with Crippen molar-refractivity contribution in [3.05, 3.63) is 51.9 Å². The molecule has 5 rings (SSSR count). The Hall–Kier alpha value is -2.64. The van der Waals surface area contributed by atoms with Gasteiger partial charge in [0.15, 0.2) is 26.0 Å². The Balaban J connectivity index is 1.62. The van der Waals surface area contributed by atoms with Crippen molar-refractivity contribution in [1.82, 2.24) is 0 Å². The van der Waals surface area contributed by atoms with Gasteiger partial charge in [-0.2, -0.15) is 0 Å². The Morgan fingerprint density at radius 2 is 1.82 bits per heavy atom. The minimum absolute atomic E-state index is 0.0873. The van der Waals surface area contributed by atoms with Crippen LogP contribution in [0.3, 0.4) is 0 Å². The normalized spacial score (nSPS) is 21.1. The molecular formula is C26H30O6Si. The first kappa shape index (κ1) is 22.2. The highest BCUT2D eigenvalue weighted by molar-refractivity contribution is 6.74. The van der Waals surface area contributed by atoms with E-state index >= 15 is 0 Å². The third kappa shape index (κ3) is 3.58. The molecule has 7 heteroatoms. The van der Waals surface area contributed by atoms with E-state index in [9.17, 15) is 9.59 Å². The number of hydrogen-bond acceptors (Lipinski definition) is 6. The summed E-state index contributed by atoms with van der Waals surface area (Å²) >= 11 is 0. The van der Waals surface area contributed by atoms with Crippen LogP contribution in [0.25, 0.3) is 21.7 Å². The molecule has 2 aliphatic rings. The molecule has 3 heterocycles. The van der Waals surface area contributed by atoms with Crippen molar-refractivity contribution in [2.45, 2.75) is 77.0 Å². The van der Waals surface area contributed by atoms with E-state index < -0.39 is 20.5 Å². The Bertz CT molecular complexity index is 1330. The molecule has 1 unspecified atom stereocenters. The molecule has 6 nitrogen and oxygen atoms in total. The Labute approximate surface area is 194 Å². The van der Waals surface area contributed by atoms with Crippen molar-refractivity contribution in [1.29, 1.82) is 0 Å². The summed E-state index contributed by atoms with van der Waals surface area (Å²) in [6.07, 6.45) is -0.384. The van der Waals surface area contributed by atoms with Crippen LogP contribution in [-0.4, -0.2) is 26.5 Å². The van der Waals surface area contributed by atoms with Crippen LogP contribution in [0.15, 0.2) is 39.5 Å². The molecule has 0 saturated carbocycles. The SMILES string of the molecule is CC(Cc1cc(=O)c2c3c(c4ccccc4c2o1)O[C@H]1CC(=O)O[C@@H]31)O[Si](C)(C)C(C)(C)C. The number of benzene rings is 2. The molecule has 3 aromatic rings. The summed E-state index contributed by atoms with van der Waals surface area (Å²) < 4.78 is 24.5. The summed E-state index contributed by atoms with van der Waals surface area (Å²) in [5.41, 5.74) is 0.990. The number of rotatable bonds is 4. The number of ether oxygens (including phenoxy) is 2.